The van der Waals surface area contributed by atoms with Gasteiger partial charge in [0.25, 0.3) is 0 Å². The lowest BCUT2D eigenvalue weighted by molar-refractivity contribution is -0.132. The van der Waals surface area contributed by atoms with E-state index in [2.05, 4.69) is 58.8 Å². The van der Waals surface area contributed by atoms with Crippen molar-refractivity contribution in [1.82, 2.24) is 14.3 Å². The Hall–Kier alpha value is -4.38. The normalized spacial score (nSPS) is 11.8. The quantitative estimate of drug-likeness (QED) is 0.220. The Balaban J connectivity index is 1.48. The molecule has 0 aliphatic rings. The van der Waals surface area contributed by atoms with Crippen LogP contribution in [0.4, 0.5) is 0 Å². The van der Waals surface area contributed by atoms with Crippen molar-refractivity contribution in [2.75, 3.05) is 13.7 Å². The summed E-state index contributed by atoms with van der Waals surface area (Å²) in [6, 6.07) is 32.7. The van der Waals surface area contributed by atoms with Gasteiger partial charge < -0.3 is 14.0 Å². The Bertz CT molecular complexity index is 1500. The van der Waals surface area contributed by atoms with Gasteiger partial charge in [-0.05, 0) is 59.9 Å². The maximum absolute atomic E-state index is 14.1. The SMILES string of the molecule is COc1cccc(C(CC(=O)N(CCc2ccccc2)Cc2ccccc2)c2cnc3cc(C)ccn23)c1. The molecule has 3 aromatic carbocycles. The van der Waals surface area contributed by atoms with Gasteiger partial charge in [0.05, 0.1) is 12.8 Å². The number of hydrogen-bond donors (Lipinski definition) is 0. The third kappa shape index (κ3) is 5.94. The Labute approximate surface area is 224 Å². The smallest absolute Gasteiger partial charge is 0.223 e. The average Bonchev–Trinajstić information content (AvgIpc) is 3.37. The summed E-state index contributed by atoms with van der Waals surface area (Å²) >= 11 is 0. The minimum Gasteiger partial charge on any atom is -0.497 e. The van der Waals surface area contributed by atoms with Crippen LogP contribution in [0.5, 0.6) is 5.75 Å². The standard InChI is InChI=1S/C33H33N3O2/c1-25-16-19-36-31(23-34-32(36)20-25)30(28-14-9-15-29(21-28)38-2)22-33(37)35(24-27-12-7-4-8-13-27)18-17-26-10-5-3-6-11-26/h3-16,19-21,23,30H,17-18,22,24H2,1-2H3. The molecule has 5 nitrogen and oxygen atoms in total. The first-order chi connectivity index (χ1) is 18.6. The van der Waals surface area contributed by atoms with Crippen molar-refractivity contribution >= 4 is 11.6 Å². The topological polar surface area (TPSA) is 46.8 Å². The van der Waals surface area contributed by atoms with Crippen LogP contribution < -0.4 is 4.74 Å². The Morgan fingerprint density at radius 1 is 0.921 bits per heavy atom. The molecular formula is C33H33N3O2. The molecule has 0 fully saturated rings. The number of fused-ring (bicyclic) bond motifs is 1. The van der Waals surface area contributed by atoms with Crippen molar-refractivity contribution in [3.8, 4) is 5.75 Å². The van der Waals surface area contributed by atoms with Crippen LogP contribution in [0.25, 0.3) is 5.65 Å². The number of carbonyl (C=O) groups is 1. The summed E-state index contributed by atoms with van der Waals surface area (Å²) in [6.07, 6.45) is 5.08. The lowest BCUT2D eigenvalue weighted by Gasteiger charge is -2.26. The highest BCUT2D eigenvalue weighted by Gasteiger charge is 2.25. The molecule has 0 saturated heterocycles. The van der Waals surface area contributed by atoms with E-state index >= 15 is 0 Å². The third-order valence-electron chi connectivity index (χ3n) is 7.01. The van der Waals surface area contributed by atoms with Crippen molar-refractivity contribution in [2.24, 2.45) is 0 Å². The highest BCUT2D eigenvalue weighted by molar-refractivity contribution is 5.78. The molecule has 0 radical (unpaired) electrons. The molecule has 1 unspecified atom stereocenters. The number of imidazole rings is 1. The fourth-order valence-electron chi connectivity index (χ4n) is 4.92. The number of carbonyl (C=O) groups excluding carboxylic acids is 1. The van der Waals surface area contributed by atoms with Gasteiger partial charge >= 0.3 is 0 Å². The van der Waals surface area contributed by atoms with Crippen molar-refractivity contribution < 1.29 is 9.53 Å². The summed E-state index contributed by atoms with van der Waals surface area (Å²) < 4.78 is 7.62. The van der Waals surface area contributed by atoms with E-state index in [-0.39, 0.29) is 11.8 Å². The van der Waals surface area contributed by atoms with Crippen LogP contribution in [0, 0.1) is 6.92 Å². The van der Waals surface area contributed by atoms with Crippen LogP contribution in [0.15, 0.2) is 109 Å². The van der Waals surface area contributed by atoms with E-state index in [0.29, 0.717) is 19.5 Å². The van der Waals surface area contributed by atoms with Gasteiger partial charge in [0.1, 0.15) is 11.4 Å². The van der Waals surface area contributed by atoms with E-state index in [1.165, 1.54) is 5.56 Å². The Morgan fingerprint density at radius 3 is 2.39 bits per heavy atom. The number of nitrogens with zero attached hydrogens (tertiary/aromatic N) is 3. The zero-order chi connectivity index (χ0) is 26.3. The van der Waals surface area contributed by atoms with E-state index in [1.807, 2.05) is 71.9 Å². The molecule has 0 spiro atoms. The first-order valence-electron chi connectivity index (χ1n) is 13.0. The van der Waals surface area contributed by atoms with E-state index in [0.717, 1.165) is 40.2 Å². The molecule has 1 amide bonds. The van der Waals surface area contributed by atoms with Crippen LogP contribution in [0.1, 0.15) is 40.3 Å². The van der Waals surface area contributed by atoms with E-state index in [1.54, 1.807) is 7.11 Å². The molecule has 38 heavy (non-hydrogen) atoms. The van der Waals surface area contributed by atoms with Crippen LogP contribution in [0.3, 0.4) is 0 Å². The minimum absolute atomic E-state index is 0.111. The molecule has 2 aromatic heterocycles. The van der Waals surface area contributed by atoms with E-state index in [9.17, 15) is 4.79 Å². The number of pyridine rings is 1. The third-order valence-corrected chi connectivity index (χ3v) is 7.01. The highest BCUT2D eigenvalue weighted by Crippen LogP contribution is 2.32. The zero-order valence-electron chi connectivity index (χ0n) is 22.0. The first kappa shape index (κ1) is 25.3. The van der Waals surface area contributed by atoms with Crippen LogP contribution in [-0.4, -0.2) is 33.8 Å². The molecule has 5 aromatic rings. The number of aryl methyl sites for hydroxylation is 1. The predicted octanol–water partition coefficient (Wildman–Crippen LogP) is 6.44. The maximum Gasteiger partial charge on any atom is 0.223 e. The lowest BCUT2D eigenvalue weighted by Crippen LogP contribution is -2.33. The summed E-state index contributed by atoms with van der Waals surface area (Å²) in [7, 11) is 1.67. The molecule has 192 valence electrons. The van der Waals surface area contributed by atoms with Crippen LogP contribution in [0.2, 0.25) is 0 Å². The molecule has 1 atom stereocenters. The summed E-state index contributed by atoms with van der Waals surface area (Å²) in [4.78, 5) is 20.7. The molecule has 5 rings (SSSR count). The number of hydrogen-bond acceptors (Lipinski definition) is 3. The van der Waals surface area contributed by atoms with Gasteiger partial charge in [-0.3, -0.25) is 4.79 Å². The van der Waals surface area contributed by atoms with Gasteiger partial charge in [0, 0.05) is 37.8 Å². The molecular weight excluding hydrogens is 470 g/mol. The number of aromatic nitrogens is 2. The largest absolute Gasteiger partial charge is 0.497 e. The second-order valence-corrected chi connectivity index (χ2v) is 9.69. The van der Waals surface area contributed by atoms with Gasteiger partial charge in [-0.1, -0.05) is 72.8 Å². The van der Waals surface area contributed by atoms with Gasteiger partial charge in [-0.15, -0.1) is 0 Å². The molecule has 5 heteroatoms. The first-order valence-corrected chi connectivity index (χ1v) is 13.0. The van der Waals surface area contributed by atoms with Gasteiger partial charge in [-0.2, -0.15) is 0 Å². The predicted molar refractivity (Wildman–Crippen MR) is 151 cm³/mol. The fraction of sp³-hybridized carbons (Fsp3) is 0.212. The van der Waals surface area contributed by atoms with Gasteiger partial charge in [-0.25, -0.2) is 4.98 Å². The summed E-state index contributed by atoms with van der Waals surface area (Å²) in [5.41, 5.74) is 6.40. The molecule has 0 N–H and O–H groups in total. The second kappa shape index (κ2) is 11.8. The zero-order valence-corrected chi connectivity index (χ0v) is 22.0. The minimum atomic E-state index is -0.176. The number of ether oxygens (including phenoxy) is 1. The highest BCUT2D eigenvalue weighted by atomic mass is 16.5. The van der Waals surface area contributed by atoms with Crippen LogP contribution >= 0.6 is 0 Å². The monoisotopic (exact) mass is 503 g/mol. The molecule has 0 saturated carbocycles. The fourth-order valence-corrected chi connectivity index (χ4v) is 4.92. The molecule has 0 bridgehead atoms. The molecule has 0 aliphatic carbocycles. The Morgan fingerprint density at radius 2 is 1.66 bits per heavy atom. The number of methoxy groups -OCH3 is 1. The maximum atomic E-state index is 14.1. The summed E-state index contributed by atoms with van der Waals surface area (Å²) in [6.45, 7) is 3.28. The van der Waals surface area contributed by atoms with Crippen molar-refractivity contribution in [1.29, 1.82) is 0 Å². The number of rotatable bonds is 10. The molecule has 0 aliphatic heterocycles. The van der Waals surface area contributed by atoms with Crippen LogP contribution in [-0.2, 0) is 17.8 Å². The lowest BCUT2D eigenvalue weighted by atomic mass is 9.91. The summed E-state index contributed by atoms with van der Waals surface area (Å²) in [5.74, 6) is 0.708. The van der Waals surface area contributed by atoms with E-state index in [4.69, 9.17) is 4.74 Å². The summed E-state index contributed by atoms with van der Waals surface area (Å²) in [5, 5.41) is 0. The van der Waals surface area contributed by atoms with Crippen molar-refractivity contribution in [2.45, 2.75) is 32.2 Å². The van der Waals surface area contributed by atoms with Crippen molar-refractivity contribution in [3.05, 3.63) is 137 Å². The average molecular weight is 504 g/mol. The van der Waals surface area contributed by atoms with E-state index < -0.39 is 0 Å². The Kier molecular flexibility index (Phi) is 7.84. The molecule has 2 heterocycles. The number of amides is 1. The van der Waals surface area contributed by atoms with Gasteiger partial charge in [0.15, 0.2) is 0 Å². The second-order valence-electron chi connectivity index (χ2n) is 9.69. The number of benzene rings is 3. The van der Waals surface area contributed by atoms with Gasteiger partial charge in [0.2, 0.25) is 5.91 Å². The van der Waals surface area contributed by atoms with Crippen molar-refractivity contribution in [3.63, 3.8) is 0 Å².